The summed E-state index contributed by atoms with van der Waals surface area (Å²) in [4.78, 5) is 20.8. The van der Waals surface area contributed by atoms with Crippen molar-refractivity contribution in [3.05, 3.63) is 65.9 Å². The van der Waals surface area contributed by atoms with Crippen molar-refractivity contribution in [2.75, 3.05) is 12.0 Å². The van der Waals surface area contributed by atoms with Gasteiger partial charge in [-0.25, -0.2) is 4.39 Å². The van der Waals surface area contributed by atoms with Gasteiger partial charge in [0.25, 0.3) is 5.91 Å². The molecule has 1 aromatic carbocycles. The van der Waals surface area contributed by atoms with Crippen LogP contribution < -0.4 is 16.5 Å². The average Bonchev–Trinajstić information content (AvgIpc) is 2.72. The Kier molecular flexibility index (Phi) is 8.18. The standard InChI is InChI=1S/C20H22FN7O/c1-14(11-24-12-15(10-23)18-7-6-16(21)13-25-18)27-20(29)17-4-2-3-5-19(17)28-26-9-8-22/h2-10,12-14,22,28H,11,23H2,1H3,(H,27,29)/b15-10?,22-8?,24-12?,26-9-/t14-/m0/s1. The molecule has 8 nitrogen and oxygen atoms in total. The van der Waals surface area contributed by atoms with Gasteiger partial charge in [0.2, 0.25) is 0 Å². The van der Waals surface area contributed by atoms with Crippen molar-refractivity contribution in [2.24, 2.45) is 15.8 Å². The van der Waals surface area contributed by atoms with Crippen LogP contribution >= 0.6 is 0 Å². The minimum Gasteiger partial charge on any atom is -0.404 e. The van der Waals surface area contributed by atoms with Crippen molar-refractivity contribution >= 4 is 35.8 Å². The van der Waals surface area contributed by atoms with E-state index in [0.29, 0.717) is 29.1 Å². The number of hydrogen-bond acceptors (Lipinski definition) is 7. The Morgan fingerprint density at radius 3 is 2.83 bits per heavy atom. The number of rotatable bonds is 9. The second-order valence-corrected chi connectivity index (χ2v) is 5.95. The molecule has 1 aromatic heterocycles. The van der Waals surface area contributed by atoms with Gasteiger partial charge in [0.1, 0.15) is 5.82 Å². The van der Waals surface area contributed by atoms with E-state index in [1.54, 1.807) is 24.3 Å². The molecule has 0 radical (unpaired) electrons. The quantitative estimate of drug-likeness (QED) is 0.384. The maximum atomic E-state index is 13.0. The van der Waals surface area contributed by atoms with Gasteiger partial charge in [-0.3, -0.25) is 20.2 Å². The molecule has 1 atom stereocenters. The molecule has 2 aromatic rings. The number of pyridine rings is 1. The number of allylic oxidation sites excluding steroid dienone is 1. The molecule has 0 aliphatic carbocycles. The third-order valence-corrected chi connectivity index (χ3v) is 3.70. The van der Waals surface area contributed by atoms with E-state index in [0.717, 1.165) is 12.4 Å². The van der Waals surface area contributed by atoms with Crippen LogP contribution in [-0.4, -0.2) is 42.1 Å². The number of carbonyl (C=O) groups excluding carboxylic acids is 1. The van der Waals surface area contributed by atoms with E-state index in [1.807, 2.05) is 6.92 Å². The van der Waals surface area contributed by atoms with Crippen LogP contribution in [0, 0.1) is 11.2 Å². The van der Waals surface area contributed by atoms with Crippen LogP contribution in [-0.2, 0) is 0 Å². The summed E-state index contributed by atoms with van der Waals surface area (Å²) in [5.74, 6) is -0.715. The first kappa shape index (κ1) is 21.4. The van der Waals surface area contributed by atoms with Crippen molar-refractivity contribution in [2.45, 2.75) is 13.0 Å². The summed E-state index contributed by atoms with van der Waals surface area (Å²) in [6, 6.07) is 9.46. The van der Waals surface area contributed by atoms with Crippen molar-refractivity contribution in [3.8, 4) is 0 Å². The maximum Gasteiger partial charge on any atom is 0.253 e. The van der Waals surface area contributed by atoms with Crippen LogP contribution in [0.25, 0.3) is 5.57 Å². The Morgan fingerprint density at radius 2 is 2.14 bits per heavy atom. The number of anilines is 1. The van der Waals surface area contributed by atoms with Gasteiger partial charge in [-0.15, -0.1) is 0 Å². The summed E-state index contributed by atoms with van der Waals surface area (Å²) >= 11 is 0. The van der Waals surface area contributed by atoms with Gasteiger partial charge in [-0.2, -0.15) is 5.10 Å². The Labute approximate surface area is 168 Å². The normalized spacial score (nSPS) is 12.8. The van der Waals surface area contributed by atoms with Crippen LogP contribution in [0.15, 0.2) is 58.9 Å². The number of carbonyl (C=O) groups is 1. The Bertz CT molecular complexity index is 923. The third kappa shape index (κ3) is 6.65. The number of nitrogens with two attached hydrogens (primary N) is 1. The highest BCUT2D eigenvalue weighted by Gasteiger charge is 2.13. The number of hydrogen-bond donors (Lipinski definition) is 4. The molecule has 0 fully saturated rings. The monoisotopic (exact) mass is 395 g/mol. The summed E-state index contributed by atoms with van der Waals surface area (Å²) in [5, 5.41) is 13.6. The molecule has 0 bridgehead atoms. The number of hydrazone groups is 1. The number of para-hydroxylation sites is 1. The summed E-state index contributed by atoms with van der Waals surface area (Å²) < 4.78 is 13.0. The van der Waals surface area contributed by atoms with Gasteiger partial charge in [0.05, 0.1) is 35.9 Å². The van der Waals surface area contributed by atoms with Gasteiger partial charge in [0.15, 0.2) is 0 Å². The fourth-order valence-corrected chi connectivity index (χ4v) is 2.32. The smallest absolute Gasteiger partial charge is 0.253 e. The van der Waals surface area contributed by atoms with Gasteiger partial charge in [-0.05, 0) is 31.2 Å². The van der Waals surface area contributed by atoms with Gasteiger partial charge in [0, 0.05) is 30.2 Å². The molecule has 0 aliphatic rings. The Morgan fingerprint density at radius 1 is 1.34 bits per heavy atom. The molecule has 0 saturated heterocycles. The van der Waals surface area contributed by atoms with Crippen LogP contribution in [0.4, 0.5) is 10.1 Å². The SMILES string of the molecule is C[C@@H](CN=CC(=CN)c1ccc(F)cn1)NC(=O)c1ccccc1N/N=C\C=N. The van der Waals surface area contributed by atoms with E-state index in [-0.39, 0.29) is 11.9 Å². The van der Waals surface area contributed by atoms with Crippen LogP contribution in [0.1, 0.15) is 23.0 Å². The number of amides is 1. The molecule has 1 amide bonds. The molecule has 5 N–H and O–H groups in total. The van der Waals surface area contributed by atoms with Gasteiger partial charge in [-0.1, -0.05) is 12.1 Å². The first-order chi connectivity index (χ1) is 14.0. The molecule has 2 rings (SSSR count). The largest absolute Gasteiger partial charge is 0.404 e. The summed E-state index contributed by atoms with van der Waals surface area (Å²) in [6.07, 6.45) is 6.27. The Hall–Kier alpha value is -3.88. The Balaban J connectivity index is 1.96. The predicted molar refractivity (Wildman–Crippen MR) is 114 cm³/mol. The van der Waals surface area contributed by atoms with Gasteiger partial charge < -0.3 is 16.5 Å². The fraction of sp³-hybridized carbons (Fsp3) is 0.150. The van der Waals surface area contributed by atoms with E-state index in [9.17, 15) is 9.18 Å². The zero-order chi connectivity index (χ0) is 21.1. The molecule has 9 heteroatoms. The first-order valence-corrected chi connectivity index (χ1v) is 8.76. The minimum absolute atomic E-state index is 0.253. The number of aromatic nitrogens is 1. The van der Waals surface area contributed by atoms with E-state index < -0.39 is 5.82 Å². The second kappa shape index (κ2) is 11.1. The lowest BCUT2D eigenvalue weighted by Gasteiger charge is -2.13. The zero-order valence-electron chi connectivity index (χ0n) is 15.8. The lowest BCUT2D eigenvalue weighted by molar-refractivity contribution is 0.0942. The minimum atomic E-state index is -0.434. The molecule has 0 spiro atoms. The predicted octanol–water partition coefficient (Wildman–Crippen LogP) is 2.46. The summed E-state index contributed by atoms with van der Waals surface area (Å²) in [5.41, 5.74) is 10.3. The highest BCUT2D eigenvalue weighted by atomic mass is 19.1. The van der Waals surface area contributed by atoms with Crippen LogP contribution in [0.5, 0.6) is 0 Å². The topological polar surface area (TPSA) is 129 Å². The van der Waals surface area contributed by atoms with Crippen molar-refractivity contribution in [1.82, 2.24) is 10.3 Å². The molecular weight excluding hydrogens is 373 g/mol. The van der Waals surface area contributed by atoms with Crippen LogP contribution in [0.3, 0.4) is 0 Å². The third-order valence-electron chi connectivity index (χ3n) is 3.70. The number of nitrogens with one attached hydrogen (secondary N) is 3. The number of nitrogens with zero attached hydrogens (tertiary/aromatic N) is 3. The lowest BCUT2D eigenvalue weighted by Crippen LogP contribution is -2.35. The van der Waals surface area contributed by atoms with E-state index in [2.05, 4.69) is 25.8 Å². The molecule has 0 saturated carbocycles. The molecule has 1 heterocycles. The van der Waals surface area contributed by atoms with E-state index in [4.69, 9.17) is 11.1 Å². The number of aliphatic imine (C=N–C) groups is 1. The van der Waals surface area contributed by atoms with Crippen LogP contribution in [0.2, 0.25) is 0 Å². The lowest BCUT2D eigenvalue weighted by atomic mass is 10.1. The number of benzene rings is 1. The molecule has 150 valence electrons. The van der Waals surface area contributed by atoms with Crippen molar-refractivity contribution in [3.63, 3.8) is 0 Å². The summed E-state index contributed by atoms with van der Waals surface area (Å²) in [6.45, 7) is 2.13. The van der Waals surface area contributed by atoms with Crippen molar-refractivity contribution < 1.29 is 9.18 Å². The average molecular weight is 395 g/mol. The zero-order valence-corrected chi connectivity index (χ0v) is 15.8. The number of halogens is 1. The highest BCUT2D eigenvalue weighted by molar-refractivity contribution is 6.14. The second-order valence-electron chi connectivity index (χ2n) is 5.95. The summed E-state index contributed by atoms with van der Waals surface area (Å²) in [7, 11) is 0. The maximum absolute atomic E-state index is 13.0. The molecule has 0 aliphatic heterocycles. The molecule has 29 heavy (non-hydrogen) atoms. The van der Waals surface area contributed by atoms with Crippen molar-refractivity contribution in [1.29, 1.82) is 5.41 Å². The highest BCUT2D eigenvalue weighted by Crippen LogP contribution is 2.15. The first-order valence-electron chi connectivity index (χ1n) is 8.76. The van der Waals surface area contributed by atoms with E-state index in [1.165, 1.54) is 30.8 Å². The van der Waals surface area contributed by atoms with Gasteiger partial charge >= 0.3 is 0 Å². The van der Waals surface area contributed by atoms with E-state index >= 15 is 0 Å². The fourth-order valence-electron chi connectivity index (χ4n) is 2.32. The molecular formula is C20H22FN7O. The molecule has 0 unspecified atom stereocenters.